The molecular formula is C25H29NO3. The third-order valence-corrected chi connectivity index (χ3v) is 4.82. The zero-order chi connectivity index (χ0) is 20.9. The standard InChI is InChI=1S/C25H29NO3/c1-5-28-22-14-8-19(9-15-22)17-26(18-23-7-6-16-29-23)24(27)20-10-12-21(13-11-20)25(2,3)4/h6-16H,5,17-18H2,1-4H3. The summed E-state index contributed by atoms with van der Waals surface area (Å²) in [4.78, 5) is 15.1. The molecule has 0 spiro atoms. The van der Waals surface area contributed by atoms with Crippen LogP contribution in [0.2, 0.25) is 0 Å². The Kier molecular flexibility index (Phi) is 6.42. The molecule has 0 unspecified atom stereocenters. The Morgan fingerprint density at radius 2 is 1.66 bits per heavy atom. The van der Waals surface area contributed by atoms with Gasteiger partial charge < -0.3 is 14.1 Å². The molecule has 1 heterocycles. The topological polar surface area (TPSA) is 42.7 Å². The lowest BCUT2D eigenvalue weighted by Gasteiger charge is -2.23. The maximum absolute atomic E-state index is 13.3. The molecule has 0 aliphatic heterocycles. The zero-order valence-corrected chi connectivity index (χ0v) is 17.6. The number of rotatable bonds is 7. The van der Waals surface area contributed by atoms with Crippen LogP contribution in [-0.4, -0.2) is 17.4 Å². The van der Waals surface area contributed by atoms with Crippen LogP contribution < -0.4 is 4.74 Å². The Morgan fingerprint density at radius 3 is 2.21 bits per heavy atom. The van der Waals surface area contributed by atoms with Gasteiger partial charge in [-0.1, -0.05) is 45.0 Å². The normalized spacial score (nSPS) is 11.3. The van der Waals surface area contributed by atoms with E-state index in [4.69, 9.17) is 9.15 Å². The lowest BCUT2D eigenvalue weighted by molar-refractivity contribution is 0.0717. The number of hydrogen-bond acceptors (Lipinski definition) is 3. The summed E-state index contributed by atoms with van der Waals surface area (Å²) in [6.45, 7) is 10.00. The van der Waals surface area contributed by atoms with Crippen LogP contribution in [0.15, 0.2) is 71.3 Å². The van der Waals surface area contributed by atoms with Gasteiger partial charge in [0.2, 0.25) is 0 Å². The first-order chi connectivity index (χ1) is 13.9. The molecule has 0 bridgehead atoms. The van der Waals surface area contributed by atoms with Gasteiger partial charge in [-0.2, -0.15) is 0 Å². The molecule has 4 nitrogen and oxygen atoms in total. The fourth-order valence-electron chi connectivity index (χ4n) is 3.16. The highest BCUT2D eigenvalue weighted by Gasteiger charge is 2.19. The molecule has 29 heavy (non-hydrogen) atoms. The van der Waals surface area contributed by atoms with Gasteiger partial charge in [0.05, 0.1) is 19.4 Å². The van der Waals surface area contributed by atoms with E-state index in [0.717, 1.165) is 17.1 Å². The molecule has 0 aliphatic carbocycles. The molecule has 0 saturated heterocycles. The number of furan rings is 1. The second kappa shape index (κ2) is 8.99. The smallest absolute Gasteiger partial charge is 0.254 e. The number of ether oxygens (including phenoxy) is 1. The lowest BCUT2D eigenvalue weighted by atomic mass is 9.86. The Bertz CT molecular complexity index is 904. The van der Waals surface area contributed by atoms with E-state index in [9.17, 15) is 4.79 Å². The Hall–Kier alpha value is -3.01. The summed E-state index contributed by atoms with van der Waals surface area (Å²) in [6, 6.07) is 19.5. The maximum atomic E-state index is 13.3. The molecule has 0 radical (unpaired) electrons. The van der Waals surface area contributed by atoms with Crippen molar-refractivity contribution in [2.75, 3.05) is 6.61 Å². The molecule has 1 aromatic heterocycles. The molecule has 0 saturated carbocycles. The van der Waals surface area contributed by atoms with E-state index in [0.29, 0.717) is 25.3 Å². The van der Waals surface area contributed by atoms with Crippen LogP contribution in [0.3, 0.4) is 0 Å². The molecular weight excluding hydrogens is 362 g/mol. The number of nitrogens with zero attached hydrogens (tertiary/aromatic N) is 1. The van der Waals surface area contributed by atoms with Crippen molar-refractivity contribution in [3.05, 3.63) is 89.4 Å². The minimum Gasteiger partial charge on any atom is -0.494 e. The van der Waals surface area contributed by atoms with Gasteiger partial charge in [0.25, 0.3) is 5.91 Å². The minimum atomic E-state index is -0.0178. The molecule has 0 N–H and O–H groups in total. The second-order valence-electron chi connectivity index (χ2n) is 8.14. The van der Waals surface area contributed by atoms with Gasteiger partial charge >= 0.3 is 0 Å². The zero-order valence-electron chi connectivity index (χ0n) is 17.6. The predicted molar refractivity (Wildman–Crippen MR) is 115 cm³/mol. The van der Waals surface area contributed by atoms with Crippen LogP contribution in [0.1, 0.15) is 54.9 Å². The third kappa shape index (κ3) is 5.50. The quantitative estimate of drug-likeness (QED) is 0.510. The van der Waals surface area contributed by atoms with E-state index in [1.165, 1.54) is 5.56 Å². The van der Waals surface area contributed by atoms with E-state index in [-0.39, 0.29) is 11.3 Å². The lowest BCUT2D eigenvalue weighted by Crippen LogP contribution is -2.30. The van der Waals surface area contributed by atoms with Gasteiger partial charge in [-0.25, -0.2) is 0 Å². The molecule has 1 amide bonds. The van der Waals surface area contributed by atoms with Crippen molar-refractivity contribution in [3.8, 4) is 5.75 Å². The van der Waals surface area contributed by atoms with Crippen molar-refractivity contribution in [3.63, 3.8) is 0 Å². The van der Waals surface area contributed by atoms with E-state index in [2.05, 4.69) is 20.8 Å². The Balaban J connectivity index is 1.81. The monoisotopic (exact) mass is 391 g/mol. The Morgan fingerprint density at radius 1 is 0.966 bits per heavy atom. The van der Waals surface area contributed by atoms with Crippen molar-refractivity contribution in [2.24, 2.45) is 0 Å². The SMILES string of the molecule is CCOc1ccc(CN(Cc2ccco2)C(=O)c2ccc(C(C)(C)C)cc2)cc1. The third-order valence-electron chi connectivity index (χ3n) is 4.82. The van der Waals surface area contributed by atoms with Crippen LogP contribution in [0.4, 0.5) is 0 Å². The molecule has 4 heteroatoms. The molecule has 0 aliphatic rings. The van der Waals surface area contributed by atoms with E-state index in [1.54, 1.807) is 11.2 Å². The fraction of sp³-hybridized carbons (Fsp3) is 0.320. The first kappa shape index (κ1) is 20.7. The molecule has 2 aromatic carbocycles. The molecule has 3 rings (SSSR count). The van der Waals surface area contributed by atoms with Crippen molar-refractivity contribution < 1.29 is 13.9 Å². The molecule has 0 atom stereocenters. The molecule has 152 valence electrons. The minimum absolute atomic E-state index is 0.0178. The van der Waals surface area contributed by atoms with Gasteiger partial charge in [0.15, 0.2) is 0 Å². The van der Waals surface area contributed by atoms with Gasteiger partial charge in [-0.05, 0) is 59.9 Å². The summed E-state index contributed by atoms with van der Waals surface area (Å²) in [5.41, 5.74) is 2.98. The van der Waals surface area contributed by atoms with Crippen LogP contribution in [0.25, 0.3) is 0 Å². The summed E-state index contributed by atoms with van der Waals surface area (Å²) >= 11 is 0. The molecule has 3 aromatic rings. The van der Waals surface area contributed by atoms with Crippen LogP contribution in [-0.2, 0) is 18.5 Å². The maximum Gasteiger partial charge on any atom is 0.254 e. The van der Waals surface area contributed by atoms with Crippen LogP contribution in [0.5, 0.6) is 5.75 Å². The molecule has 0 fully saturated rings. The highest BCUT2D eigenvalue weighted by molar-refractivity contribution is 5.94. The van der Waals surface area contributed by atoms with Crippen LogP contribution in [0, 0.1) is 0 Å². The van der Waals surface area contributed by atoms with E-state index in [1.807, 2.05) is 67.6 Å². The fourth-order valence-corrected chi connectivity index (χ4v) is 3.16. The Labute approximate surface area is 173 Å². The number of carbonyl (C=O) groups is 1. The average Bonchev–Trinajstić information content (AvgIpc) is 3.21. The first-order valence-electron chi connectivity index (χ1n) is 10.0. The van der Waals surface area contributed by atoms with Gasteiger partial charge in [0, 0.05) is 12.1 Å². The number of carbonyl (C=O) groups excluding carboxylic acids is 1. The summed E-state index contributed by atoms with van der Waals surface area (Å²) < 4.78 is 11.0. The summed E-state index contributed by atoms with van der Waals surface area (Å²) in [7, 11) is 0. The first-order valence-corrected chi connectivity index (χ1v) is 10.0. The van der Waals surface area contributed by atoms with Crippen molar-refractivity contribution in [1.29, 1.82) is 0 Å². The number of amides is 1. The predicted octanol–water partition coefficient (Wildman–Crippen LogP) is 5.82. The highest BCUT2D eigenvalue weighted by atomic mass is 16.5. The average molecular weight is 392 g/mol. The van der Waals surface area contributed by atoms with Crippen LogP contribution >= 0.6 is 0 Å². The number of hydrogen-bond donors (Lipinski definition) is 0. The van der Waals surface area contributed by atoms with Gasteiger partial charge in [-0.3, -0.25) is 4.79 Å². The van der Waals surface area contributed by atoms with Gasteiger partial charge in [-0.15, -0.1) is 0 Å². The largest absolute Gasteiger partial charge is 0.494 e. The van der Waals surface area contributed by atoms with Gasteiger partial charge in [0.1, 0.15) is 11.5 Å². The summed E-state index contributed by atoms with van der Waals surface area (Å²) in [5.74, 6) is 1.57. The second-order valence-corrected chi connectivity index (χ2v) is 8.14. The van der Waals surface area contributed by atoms with E-state index >= 15 is 0 Å². The summed E-state index contributed by atoms with van der Waals surface area (Å²) in [5, 5.41) is 0. The van der Waals surface area contributed by atoms with E-state index < -0.39 is 0 Å². The highest BCUT2D eigenvalue weighted by Crippen LogP contribution is 2.23. The van der Waals surface area contributed by atoms with Crippen molar-refractivity contribution in [1.82, 2.24) is 4.90 Å². The number of benzene rings is 2. The van der Waals surface area contributed by atoms with Crippen molar-refractivity contribution >= 4 is 5.91 Å². The van der Waals surface area contributed by atoms with Crippen molar-refractivity contribution in [2.45, 2.75) is 46.2 Å². The summed E-state index contributed by atoms with van der Waals surface area (Å²) in [6.07, 6.45) is 1.63.